The molecule has 0 saturated carbocycles. The number of aromatic nitrogens is 3. The van der Waals surface area contributed by atoms with Crippen molar-refractivity contribution >= 4 is 28.4 Å². The molecule has 8 nitrogen and oxygen atoms in total. The van der Waals surface area contributed by atoms with E-state index < -0.39 is 0 Å². The Bertz CT molecular complexity index is 790. The van der Waals surface area contributed by atoms with Crippen molar-refractivity contribution in [3.63, 3.8) is 0 Å². The Morgan fingerprint density at radius 3 is 2.61 bits per heavy atom. The van der Waals surface area contributed by atoms with Crippen LogP contribution < -0.4 is 16.0 Å². The number of ether oxygens (including phenoxy) is 1. The largest absolute Gasteiger partial charge is 0.382 e. The van der Waals surface area contributed by atoms with E-state index in [9.17, 15) is 0 Å². The summed E-state index contributed by atoms with van der Waals surface area (Å²) in [5.74, 6) is 1.27. The van der Waals surface area contributed by atoms with Crippen molar-refractivity contribution in [2.45, 2.75) is 39.7 Å². The smallest absolute Gasteiger partial charge is 0.151 e. The number of pyridine rings is 1. The highest BCUT2D eigenvalue weighted by Gasteiger charge is 2.21. The molecular formula is C20H33N7O. The number of piperazine rings is 1. The summed E-state index contributed by atoms with van der Waals surface area (Å²) in [5.41, 5.74) is 9.61. The lowest BCUT2D eigenvalue weighted by Gasteiger charge is -2.34. The molecule has 3 heterocycles. The van der Waals surface area contributed by atoms with E-state index in [4.69, 9.17) is 20.4 Å². The fourth-order valence-corrected chi connectivity index (χ4v) is 3.43. The fourth-order valence-electron chi connectivity index (χ4n) is 3.43. The highest BCUT2D eigenvalue weighted by Crippen LogP contribution is 2.30. The minimum atomic E-state index is 0.245. The van der Waals surface area contributed by atoms with Crippen LogP contribution in [0.25, 0.3) is 11.0 Å². The second-order valence-corrected chi connectivity index (χ2v) is 7.42. The lowest BCUT2D eigenvalue weighted by atomic mass is 10.2. The van der Waals surface area contributed by atoms with Crippen molar-refractivity contribution in [3.8, 4) is 0 Å². The van der Waals surface area contributed by atoms with E-state index >= 15 is 0 Å². The number of nitrogen functional groups attached to an aromatic ring is 1. The highest BCUT2D eigenvalue weighted by atomic mass is 16.5. The molecule has 1 aliphatic rings. The van der Waals surface area contributed by atoms with Crippen LogP contribution in [0.5, 0.6) is 0 Å². The molecule has 1 fully saturated rings. The molecule has 28 heavy (non-hydrogen) atoms. The van der Waals surface area contributed by atoms with Gasteiger partial charge in [0.25, 0.3) is 0 Å². The van der Waals surface area contributed by atoms with Gasteiger partial charge in [-0.2, -0.15) is 0 Å². The molecule has 0 aliphatic carbocycles. The number of likely N-dealkylation sites (N-methyl/N-ethyl adjacent to an activating group) is 1. The molecule has 1 atom stereocenters. The number of rotatable bonds is 8. The van der Waals surface area contributed by atoms with E-state index in [-0.39, 0.29) is 6.04 Å². The molecule has 2 aromatic heterocycles. The van der Waals surface area contributed by atoms with Crippen molar-refractivity contribution < 1.29 is 4.74 Å². The van der Waals surface area contributed by atoms with Crippen LogP contribution in [0.15, 0.2) is 6.20 Å². The molecule has 2 aromatic rings. The summed E-state index contributed by atoms with van der Waals surface area (Å²) in [6, 6.07) is 0.245. The highest BCUT2D eigenvalue weighted by molar-refractivity contribution is 5.95. The number of nitrogens with zero attached hydrogens (tertiary/aromatic N) is 5. The standard InChI is InChI=1S/C20H33N7O/c1-5-15-20(23-14(3)7-12-28-6-2)25-17-16(13-22-19(21)18(17)24-15)27-10-8-26(4)9-11-27/h13-14H,5-12H2,1-4H3,(H2,21,22)(H,23,25). The summed E-state index contributed by atoms with van der Waals surface area (Å²) in [6.07, 6.45) is 3.54. The zero-order valence-corrected chi connectivity index (χ0v) is 17.5. The number of hydrogen-bond donors (Lipinski definition) is 2. The van der Waals surface area contributed by atoms with Gasteiger partial charge in [0, 0.05) is 45.4 Å². The van der Waals surface area contributed by atoms with Gasteiger partial charge in [-0.1, -0.05) is 6.92 Å². The van der Waals surface area contributed by atoms with Gasteiger partial charge < -0.3 is 25.6 Å². The number of nitrogens with one attached hydrogen (secondary N) is 1. The Morgan fingerprint density at radius 1 is 1.18 bits per heavy atom. The Morgan fingerprint density at radius 2 is 1.93 bits per heavy atom. The predicted molar refractivity (Wildman–Crippen MR) is 115 cm³/mol. The van der Waals surface area contributed by atoms with Gasteiger partial charge in [0.15, 0.2) is 5.82 Å². The zero-order valence-electron chi connectivity index (χ0n) is 17.5. The first-order valence-electron chi connectivity index (χ1n) is 10.3. The van der Waals surface area contributed by atoms with Crippen LogP contribution in [-0.2, 0) is 11.2 Å². The van der Waals surface area contributed by atoms with Crippen LogP contribution >= 0.6 is 0 Å². The van der Waals surface area contributed by atoms with Crippen molar-refractivity contribution in [2.24, 2.45) is 0 Å². The van der Waals surface area contributed by atoms with Crippen molar-refractivity contribution in [1.29, 1.82) is 0 Å². The van der Waals surface area contributed by atoms with Gasteiger partial charge in [-0.15, -0.1) is 0 Å². The molecule has 3 rings (SSSR count). The number of nitrogens with two attached hydrogens (primary N) is 1. The SMILES string of the molecule is CCOCCC(C)Nc1nc2c(N3CCN(C)CC3)cnc(N)c2nc1CC. The summed E-state index contributed by atoms with van der Waals surface area (Å²) in [6.45, 7) is 11.6. The van der Waals surface area contributed by atoms with Gasteiger partial charge in [0.1, 0.15) is 16.9 Å². The maximum atomic E-state index is 6.16. The average Bonchev–Trinajstić information content (AvgIpc) is 2.69. The van der Waals surface area contributed by atoms with Crippen LogP contribution in [0.2, 0.25) is 0 Å². The van der Waals surface area contributed by atoms with E-state index in [0.29, 0.717) is 11.3 Å². The molecule has 154 valence electrons. The molecule has 3 N–H and O–H groups in total. The van der Waals surface area contributed by atoms with Gasteiger partial charge in [-0.05, 0) is 33.7 Å². The Labute approximate surface area is 167 Å². The van der Waals surface area contributed by atoms with Crippen molar-refractivity contribution in [2.75, 3.05) is 62.4 Å². The number of fused-ring (bicyclic) bond motifs is 1. The second-order valence-electron chi connectivity index (χ2n) is 7.42. The van der Waals surface area contributed by atoms with Crippen LogP contribution in [0.1, 0.15) is 32.9 Å². The van der Waals surface area contributed by atoms with E-state index in [0.717, 1.165) is 75.0 Å². The molecule has 1 saturated heterocycles. The van der Waals surface area contributed by atoms with Crippen LogP contribution in [-0.4, -0.2) is 72.3 Å². The summed E-state index contributed by atoms with van der Waals surface area (Å²) >= 11 is 0. The Balaban J connectivity index is 1.94. The van der Waals surface area contributed by atoms with Gasteiger partial charge in [-0.25, -0.2) is 15.0 Å². The van der Waals surface area contributed by atoms with Crippen LogP contribution in [0, 0.1) is 0 Å². The van der Waals surface area contributed by atoms with Gasteiger partial charge in [-0.3, -0.25) is 0 Å². The minimum absolute atomic E-state index is 0.245. The monoisotopic (exact) mass is 387 g/mol. The molecule has 1 aliphatic heterocycles. The lowest BCUT2D eigenvalue weighted by Crippen LogP contribution is -2.44. The third-order valence-electron chi connectivity index (χ3n) is 5.24. The zero-order chi connectivity index (χ0) is 20.1. The van der Waals surface area contributed by atoms with Crippen LogP contribution in [0.3, 0.4) is 0 Å². The fraction of sp³-hybridized carbons (Fsp3) is 0.650. The summed E-state index contributed by atoms with van der Waals surface area (Å²) < 4.78 is 5.48. The number of hydrogen-bond acceptors (Lipinski definition) is 8. The number of anilines is 3. The third kappa shape index (κ3) is 4.62. The molecule has 0 radical (unpaired) electrons. The summed E-state index contributed by atoms with van der Waals surface area (Å²) in [5, 5.41) is 3.53. The quantitative estimate of drug-likeness (QED) is 0.666. The lowest BCUT2D eigenvalue weighted by molar-refractivity contribution is 0.142. The van der Waals surface area contributed by atoms with Crippen molar-refractivity contribution in [1.82, 2.24) is 19.9 Å². The van der Waals surface area contributed by atoms with E-state index in [1.165, 1.54) is 0 Å². The summed E-state index contributed by atoms with van der Waals surface area (Å²) in [4.78, 5) is 18.9. The molecule has 0 aromatic carbocycles. The topological polar surface area (TPSA) is 92.4 Å². The first-order chi connectivity index (χ1) is 13.5. The minimum Gasteiger partial charge on any atom is -0.382 e. The molecule has 0 spiro atoms. The van der Waals surface area contributed by atoms with E-state index in [1.54, 1.807) is 0 Å². The molecule has 1 unspecified atom stereocenters. The summed E-state index contributed by atoms with van der Waals surface area (Å²) in [7, 11) is 2.15. The third-order valence-corrected chi connectivity index (χ3v) is 5.24. The first kappa shape index (κ1) is 20.5. The van der Waals surface area contributed by atoms with E-state index in [2.05, 4.69) is 41.0 Å². The first-order valence-corrected chi connectivity index (χ1v) is 10.3. The maximum Gasteiger partial charge on any atom is 0.151 e. The van der Waals surface area contributed by atoms with Gasteiger partial charge in [0.2, 0.25) is 0 Å². The molecule has 8 heteroatoms. The normalized spacial score (nSPS) is 16.5. The van der Waals surface area contributed by atoms with E-state index in [1.807, 2.05) is 13.1 Å². The van der Waals surface area contributed by atoms with Crippen LogP contribution in [0.4, 0.5) is 17.3 Å². The number of aryl methyl sites for hydroxylation is 1. The predicted octanol–water partition coefficient (Wildman–Crippen LogP) is 2.15. The maximum absolute atomic E-state index is 6.16. The molecular weight excluding hydrogens is 354 g/mol. The molecule has 0 bridgehead atoms. The average molecular weight is 388 g/mol. The molecule has 0 amide bonds. The Hall–Kier alpha value is -2.19. The second kappa shape index (κ2) is 9.34. The van der Waals surface area contributed by atoms with Gasteiger partial charge in [0.05, 0.1) is 17.6 Å². The van der Waals surface area contributed by atoms with Gasteiger partial charge >= 0.3 is 0 Å². The Kier molecular flexibility index (Phi) is 6.85. The van der Waals surface area contributed by atoms with Crippen molar-refractivity contribution in [3.05, 3.63) is 11.9 Å².